The van der Waals surface area contributed by atoms with Gasteiger partial charge in [-0.3, -0.25) is 0 Å². The van der Waals surface area contributed by atoms with Gasteiger partial charge in [0.25, 0.3) is 0 Å². The normalized spacial score (nSPS) is 20.7. The van der Waals surface area contributed by atoms with Crippen LogP contribution in [0.15, 0.2) is 24.3 Å². The molecule has 0 radical (unpaired) electrons. The van der Waals surface area contributed by atoms with Crippen LogP contribution in [0.3, 0.4) is 0 Å². The van der Waals surface area contributed by atoms with E-state index in [1.54, 1.807) is 12.1 Å². The molecule has 0 saturated carbocycles. The molecule has 2 fully saturated rings. The molecule has 4 heterocycles. The van der Waals surface area contributed by atoms with E-state index in [4.69, 9.17) is 23.1 Å². The average Bonchev–Trinajstić information content (AvgIpc) is 3.25. The Morgan fingerprint density at radius 2 is 2.07 bits per heavy atom. The van der Waals surface area contributed by atoms with Gasteiger partial charge in [-0.25, -0.2) is 14.4 Å². The van der Waals surface area contributed by atoms with Gasteiger partial charge in [-0.05, 0) is 25.1 Å². The molecule has 4 aromatic rings. The molecule has 6 rings (SSSR count). The highest BCUT2D eigenvalue weighted by molar-refractivity contribution is 7.22. The quantitative estimate of drug-likeness (QED) is 0.437. The highest BCUT2D eigenvalue weighted by atomic mass is 35.5. The highest BCUT2D eigenvalue weighted by Crippen LogP contribution is 2.41. The van der Waals surface area contributed by atoms with E-state index in [0.29, 0.717) is 39.6 Å². The van der Waals surface area contributed by atoms with Crippen molar-refractivity contribution in [3.05, 3.63) is 35.1 Å². The second-order valence-electron chi connectivity index (χ2n) is 7.63. The van der Waals surface area contributed by atoms with Crippen molar-refractivity contribution in [2.45, 2.75) is 18.5 Å². The lowest BCUT2D eigenvalue weighted by Crippen LogP contribution is -2.61. The average molecular weight is 442 g/mol. The summed E-state index contributed by atoms with van der Waals surface area (Å²) >= 11 is 7.86. The highest BCUT2D eigenvalue weighted by Gasteiger charge is 2.43. The van der Waals surface area contributed by atoms with Crippen molar-refractivity contribution in [3.63, 3.8) is 0 Å². The molecule has 2 saturated heterocycles. The van der Waals surface area contributed by atoms with Gasteiger partial charge < -0.3 is 21.7 Å². The van der Waals surface area contributed by atoms with E-state index in [1.165, 1.54) is 11.3 Å². The third-order valence-corrected chi connectivity index (χ3v) is 7.12. The number of para-hydroxylation sites is 1. The Labute approximate surface area is 179 Å². The molecule has 0 spiro atoms. The van der Waals surface area contributed by atoms with Crippen LogP contribution in [0.1, 0.15) is 6.42 Å². The van der Waals surface area contributed by atoms with Crippen molar-refractivity contribution < 1.29 is 4.39 Å². The smallest absolute Gasteiger partial charge is 0.228 e. The summed E-state index contributed by atoms with van der Waals surface area (Å²) in [6.45, 7) is 1.75. The van der Waals surface area contributed by atoms with Crippen LogP contribution >= 0.6 is 22.9 Å². The molecule has 2 atom stereocenters. The standard InChI is InChI=1S/C20H17ClFN7S/c21-10-6-9-17(27-20(28-18(9)23)29-7-11-12(29)4-5-25-11)15(22)14(10)8-2-1-3-13-16(8)26-19(24)30-13/h1-3,6,11-12,25H,4-5,7H2,(H2,24,26)(H2,23,27,28)/t11-,12+/m0/s1. The van der Waals surface area contributed by atoms with Gasteiger partial charge in [0.05, 0.1) is 21.3 Å². The zero-order valence-corrected chi connectivity index (χ0v) is 17.3. The first-order chi connectivity index (χ1) is 14.5. The minimum absolute atomic E-state index is 0.159. The van der Waals surface area contributed by atoms with Gasteiger partial charge >= 0.3 is 0 Å². The van der Waals surface area contributed by atoms with Gasteiger partial charge in [0.2, 0.25) is 5.95 Å². The van der Waals surface area contributed by atoms with Crippen molar-refractivity contribution in [2.75, 3.05) is 29.5 Å². The summed E-state index contributed by atoms with van der Waals surface area (Å²) in [6, 6.07) is 7.90. The monoisotopic (exact) mass is 441 g/mol. The lowest BCUT2D eigenvalue weighted by atomic mass is 9.98. The molecular formula is C20H17ClFN7S. The molecule has 10 heteroatoms. The Hall–Kier alpha value is -2.75. The Morgan fingerprint density at radius 1 is 1.20 bits per heavy atom. The number of nitrogens with one attached hydrogen (secondary N) is 1. The molecule has 2 aliphatic heterocycles. The predicted molar refractivity (Wildman–Crippen MR) is 119 cm³/mol. The number of anilines is 3. The van der Waals surface area contributed by atoms with Crippen molar-refractivity contribution >= 4 is 61.0 Å². The fourth-order valence-electron chi connectivity index (χ4n) is 4.50. The van der Waals surface area contributed by atoms with Crippen molar-refractivity contribution in [1.29, 1.82) is 0 Å². The molecule has 2 aromatic heterocycles. The van der Waals surface area contributed by atoms with Gasteiger partial charge in [0, 0.05) is 29.1 Å². The number of rotatable bonds is 2. The van der Waals surface area contributed by atoms with Crippen LogP contribution < -0.4 is 21.7 Å². The van der Waals surface area contributed by atoms with Crippen LogP contribution in [0.2, 0.25) is 5.02 Å². The number of benzene rings is 2. The number of aromatic nitrogens is 3. The van der Waals surface area contributed by atoms with Crippen LogP contribution in [0.25, 0.3) is 32.2 Å². The predicted octanol–water partition coefficient (Wildman–Crippen LogP) is 3.41. The summed E-state index contributed by atoms with van der Waals surface area (Å²) in [7, 11) is 0. The van der Waals surface area contributed by atoms with E-state index in [2.05, 4.69) is 25.2 Å². The maximum atomic E-state index is 15.8. The molecule has 0 aliphatic carbocycles. The molecule has 0 bridgehead atoms. The van der Waals surface area contributed by atoms with Crippen LogP contribution in [0, 0.1) is 5.82 Å². The molecule has 152 valence electrons. The van der Waals surface area contributed by atoms with E-state index in [-0.39, 0.29) is 21.9 Å². The molecule has 5 N–H and O–H groups in total. The van der Waals surface area contributed by atoms with Crippen LogP contribution in [0.5, 0.6) is 0 Å². The third-order valence-electron chi connectivity index (χ3n) is 5.97. The number of nitrogen functional groups attached to an aromatic ring is 2. The molecule has 7 nitrogen and oxygen atoms in total. The maximum absolute atomic E-state index is 15.8. The number of nitrogens with two attached hydrogens (primary N) is 2. The summed E-state index contributed by atoms with van der Waals surface area (Å²) < 4.78 is 16.7. The Bertz CT molecular complexity index is 1340. The van der Waals surface area contributed by atoms with Crippen LogP contribution in [-0.4, -0.2) is 40.1 Å². The fraction of sp³-hybridized carbons (Fsp3) is 0.250. The van der Waals surface area contributed by atoms with E-state index < -0.39 is 5.82 Å². The molecule has 2 aromatic carbocycles. The van der Waals surface area contributed by atoms with Crippen molar-refractivity contribution in [1.82, 2.24) is 20.3 Å². The van der Waals surface area contributed by atoms with Gasteiger partial charge in [0.15, 0.2) is 10.9 Å². The number of hydrogen-bond acceptors (Lipinski definition) is 8. The van der Waals surface area contributed by atoms with E-state index in [0.717, 1.165) is 24.2 Å². The zero-order valence-electron chi connectivity index (χ0n) is 15.7. The first-order valence-electron chi connectivity index (χ1n) is 9.62. The third kappa shape index (κ3) is 2.49. The first-order valence-corrected chi connectivity index (χ1v) is 10.8. The van der Waals surface area contributed by atoms with Crippen LogP contribution in [-0.2, 0) is 0 Å². The summed E-state index contributed by atoms with van der Waals surface area (Å²) in [5.41, 5.74) is 13.7. The van der Waals surface area contributed by atoms with Gasteiger partial charge in [-0.1, -0.05) is 35.1 Å². The number of fused-ring (bicyclic) bond motifs is 3. The van der Waals surface area contributed by atoms with Crippen molar-refractivity contribution in [2.24, 2.45) is 0 Å². The molecule has 2 aliphatic rings. The minimum atomic E-state index is -0.534. The summed E-state index contributed by atoms with van der Waals surface area (Å²) in [6.07, 6.45) is 1.01. The van der Waals surface area contributed by atoms with E-state index in [1.807, 2.05) is 12.1 Å². The van der Waals surface area contributed by atoms with Crippen molar-refractivity contribution in [3.8, 4) is 11.1 Å². The number of hydrogen-bond donors (Lipinski definition) is 3. The summed E-state index contributed by atoms with van der Waals surface area (Å²) in [5.74, 6) is 0.134. The largest absolute Gasteiger partial charge is 0.383 e. The second-order valence-corrected chi connectivity index (χ2v) is 9.10. The Kier molecular flexibility index (Phi) is 3.83. The van der Waals surface area contributed by atoms with E-state index >= 15 is 4.39 Å². The molecule has 30 heavy (non-hydrogen) atoms. The van der Waals surface area contributed by atoms with Gasteiger partial charge in [-0.15, -0.1) is 0 Å². The molecular weight excluding hydrogens is 425 g/mol. The van der Waals surface area contributed by atoms with Gasteiger partial charge in [0.1, 0.15) is 11.3 Å². The summed E-state index contributed by atoms with van der Waals surface area (Å²) in [5, 5.41) is 4.49. The number of nitrogens with zero attached hydrogens (tertiary/aromatic N) is 4. The molecule has 0 unspecified atom stereocenters. The number of halogens is 2. The zero-order chi connectivity index (χ0) is 20.6. The topological polar surface area (TPSA) is 106 Å². The maximum Gasteiger partial charge on any atom is 0.228 e. The van der Waals surface area contributed by atoms with E-state index in [9.17, 15) is 0 Å². The second kappa shape index (κ2) is 6.37. The number of thiazole rings is 1. The SMILES string of the molecule is Nc1nc2c(-c3c(Cl)cc4c(N)nc(N5C[C@@H]6NCC[C@H]65)nc4c3F)cccc2s1. The lowest BCUT2D eigenvalue weighted by Gasteiger charge is -2.44. The first kappa shape index (κ1) is 18.1. The Balaban J connectivity index is 1.56. The summed E-state index contributed by atoms with van der Waals surface area (Å²) in [4.78, 5) is 15.4. The minimum Gasteiger partial charge on any atom is -0.383 e. The van der Waals surface area contributed by atoms with Gasteiger partial charge in [-0.2, -0.15) is 4.98 Å². The fourth-order valence-corrected chi connectivity index (χ4v) is 5.56. The van der Waals surface area contributed by atoms with Crippen LogP contribution in [0.4, 0.5) is 21.3 Å². The molecule has 0 amide bonds. The Morgan fingerprint density at radius 3 is 2.90 bits per heavy atom. The lowest BCUT2D eigenvalue weighted by molar-refractivity contribution is 0.389.